The van der Waals surface area contributed by atoms with Crippen LogP contribution in [0.1, 0.15) is 16.1 Å². The second-order valence-electron chi connectivity index (χ2n) is 3.03. The highest BCUT2D eigenvalue weighted by Crippen LogP contribution is 2.03. The summed E-state index contributed by atoms with van der Waals surface area (Å²) in [4.78, 5) is 23.5. The van der Waals surface area contributed by atoms with Crippen LogP contribution in [0, 0.1) is 0 Å². The molecular formula is C11H9N3O. The minimum atomic E-state index is 0.0258. The van der Waals surface area contributed by atoms with E-state index in [1.165, 1.54) is 0 Å². The Morgan fingerprint density at radius 3 is 2.53 bits per heavy atom. The Balaban J connectivity index is 2.12. The first-order valence-corrected chi connectivity index (χ1v) is 4.54. The van der Waals surface area contributed by atoms with Gasteiger partial charge in [0, 0.05) is 36.5 Å². The van der Waals surface area contributed by atoms with E-state index in [-0.39, 0.29) is 12.2 Å². The van der Waals surface area contributed by atoms with Crippen LogP contribution in [0.3, 0.4) is 0 Å². The van der Waals surface area contributed by atoms with E-state index in [1.807, 2.05) is 0 Å². The van der Waals surface area contributed by atoms with Gasteiger partial charge in [0.2, 0.25) is 0 Å². The van der Waals surface area contributed by atoms with Crippen molar-refractivity contribution in [2.45, 2.75) is 6.42 Å². The van der Waals surface area contributed by atoms with E-state index < -0.39 is 0 Å². The number of hydrogen-bond donors (Lipinski definition) is 0. The lowest BCUT2D eigenvalue weighted by Gasteiger charge is -1.99. The van der Waals surface area contributed by atoms with Gasteiger partial charge in [0.05, 0.1) is 12.1 Å². The fourth-order valence-electron chi connectivity index (χ4n) is 1.23. The number of Topliss-reactive ketones (excluding diaryl/α,β-unsaturated/α-hetero) is 1. The van der Waals surface area contributed by atoms with Crippen molar-refractivity contribution in [2.24, 2.45) is 0 Å². The molecule has 2 aromatic rings. The molecule has 74 valence electrons. The van der Waals surface area contributed by atoms with Crippen molar-refractivity contribution >= 4 is 5.78 Å². The van der Waals surface area contributed by atoms with Gasteiger partial charge in [-0.05, 0) is 12.1 Å². The van der Waals surface area contributed by atoms with Crippen LogP contribution in [-0.4, -0.2) is 20.7 Å². The third-order valence-electron chi connectivity index (χ3n) is 1.96. The van der Waals surface area contributed by atoms with Gasteiger partial charge in [-0.1, -0.05) is 0 Å². The van der Waals surface area contributed by atoms with Gasteiger partial charge >= 0.3 is 0 Å². The summed E-state index contributed by atoms with van der Waals surface area (Å²) in [5.74, 6) is 0.0258. The molecule has 0 spiro atoms. The Kier molecular flexibility index (Phi) is 2.78. The third-order valence-corrected chi connectivity index (χ3v) is 1.96. The van der Waals surface area contributed by atoms with Crippen molar-refractivity contribution in [3.63, 3.8) is 0 Å². The Labute approximate surface area is 87.0 Å². The molecule has 0 bridgehead atoms. The largest absolute Gasteiger partial charge is 0.294 e. The molecule has 2 heterocycles. The van der Waals surface area contributed by atoms with Crippen LogP contribution >= 0.6 is 0 Å². The smallest absolute Gasteiger partial charge is 0.168 e. The Hall–Kier alpha value is -2.10. The SMILES string of the molecule is O=C(Cc1cnccn1)c1ccncc1. The van der Waals surface area contributed by atoms with Crippen LogP contribution in [0.25, 0.3) is 0 Å². The summed E-state index contributed by atoms with van der Waals surface area (Å²) in [5.41, 5.74) is 1.33. The summed E-state index contributed by atoms with van der Waals surface area (Å²) < 4.78 is 0. The zero-order chi connectivity index (χ0) is 10.5. The van der Waals surface area contributed by atoms with Crippen molar-refractivity contribution in [1.29, 1.82) is 0 Å². The maximum atomic E-state index is 11.7. The molecule has 15 heavy (non-hydrogen) atoms. The molecule has 0 aliphatic carbocycles. The monoisotopic (exact) mass is 199 g/mol. The molecule has 0 aromatic carbocycles. The van der Waals surface area contributed by atoms with Crippen LogP contribution in [-0.2, 0) is 6.42 Å². The number of carbonyl (C=O) groups is 1. The lowest BCUT2D eigenvalue weighted by Crippen LogP contribution is -2.05. The van der Waals surface area contributed by atoms with E-state index in [1.54, 1.807) is 43.1 Å². The molecule has 0 amide bonds. The molecule has 0 saturated heterocycles. The topological polar surface area (TPSA) is 55.7 Å². The third kappa shape index (κ3) is 2.43. The number of ketones is 1. The average molecular weight is 199 g/mol. The standard InChI is InChI=1S/C11H9N3O/c15-11(9-1-3-12-4-2-9)7-10-8-13-5-6-14-10/h1-6,8H,7H2. The second-order valence-corrected chi connectivity index (χ2v) is 3.03. The summed E-state index contributed by atoms with van der Waals surface area (Å²) in [6.07, 6.45) is 8.24. The van der Waals surface area contributed by atoms with Gasteiger partial charge in [-0.25, -0.2) is 0 Å². The first kappa shape index (κ1) is 9.45. The van der Waals surface area contributed by atoms with E-state index in [9.17, 15) is 4.79 Å². The van der Waals surface area contributed by atoms with E-state index in [0.29, 0.717) is 11.3 Å². The summed E-state index contributed by atoms with van der Waals surface area (Å²) >= 11 is 0. The Morgan fingerprint density at radius 1 is 1.07 bits per heavy atom. The summed E-state index contributed by atoms with van der Waals surface area (Å²) in [5, 5.41) is 0. The average Bonchev–Trinajstić information content (AvgIpc) is 2.31. The molecule has 0 saturated carbocycles. The number of pyridine rings is 1. The highest BCUT2D eigenvalue weighted by atomic mass is 16.1. The first-order chi connectivity index (χ1) is 7.36. The van der Waals surface area contributed by atoms with Gasteiger partial charge in [0.1, 0.15) is 0 Å². The van der Waals surface area contributed by atoms with Crippen LogP contribution in [0.2, 0.25) is 0 Å². The molecular weight excluding hydrogens is 190 g/mol. The summed E-state index contributed by atoms with van der Waals surface area (Å²) in [7, 11) is 0. The van der Waals surface area contributed by atoms with Crippen molar-refractivity contribution in [1.82, 2.24) is 15.0 Å². The van der Waals surface area contributed by atoms with Gasteiger partial charge in [0.25, 0.3) is 0 Å². The van der Waals surface area contributed by atoms with Crippen LogP contribution < -0.4 is 0 Å². The zero-order valence-electron chi connectivity index (χ0n) is 8.00. The molecule has 2 rings (SSSR count). The van der Waals surface area contributed by atoms with Crippen molar-refractivity contribution in [3.8, 4) is 0 Å². The predicted octanol–water partition coefficient (Wildman–Crippen LogP) is 1.30. The highest BCUT2D eigenvalue weighted by molar-refractivity contribution is 5.97. The summed E-state index contributed by atoms with van der Waals surface area (Å²) in [6, 6.07) is 3.39. The molecule has 0 unspecified atom stereocenters. The first-order valence-electron chi connectivity index (χ1n) is 4.54. The number of carbonyl (C=O) groups excluding carboxylic acids is 1. The van der Waals surface area contributed by atoms with Crippen molar-refractivity contribution in [2.75, 3.05) is 0 Å². The van der Waals surface area contributed by atoms with Gasteiger partial charge in [-0.15, -0.1) is 0 Å². The molecule has 0 aliphatic rings. The van der Waals surface area contributed by atoms with Crippen molar-refractivity contribution < 1.29 is 4.79 Å². The molecule has 0 N–H and O–H groups in total. The number of rotatable bonds is 3. The van der Waals surface area contributed by atoms with E-state index >= 15 is 0 Å². The lowest BCUT2D eigenvalue weighted by molar-refractivity contribution is 0.0991. The Morgan fingerprint density at radius 2 is 1.87 bits per heavy atom. The quantitative estimate of drug-likeness (QED) is 0.699. The van der Waals surface area contributed by atoms with Gasteiger partial charge in [-0.2, -0.15) is 0 Å². The molecule has 0 atom stereocenters. The van der Waals surface area contributed by atoms with Gasteiger partial charge in [0.15, 0.2) is 5.78 Å². The van der Waals surface area contributed by atoms with Crippen LogP contribution in [0.15, 0.2) is 43.1 Å². The Bertz CT molecular complexity index is 442. The predicted molar refractivity (Wildman–Crippen MR) is 54.3 cm³/mol. The van der Waals surface area contributed by atoms with Crippen LogP contribution in [0.5, 0.6) is 0 Å². The van der Waals surface area contributed by atoms with E-state index in [2.05, 4.69) is 15.0 Å². The van der Waals surface area contributed by atoms with Gasteiger partial charge < -0.3 is 0 Å². The van der Waals surface area contributed by atoms with Crippen molar-refractivity contribution in [3.05, 3.63) is 54.4 Å². The van der Waals surface area contributed by atoms with E-state index in [4.69, 9.17) is 0 Å². The minimum absolute atomic E-state index is 0.0258. The van der Waals surface area contributed by atoms with Crippen LogP contribution in [0.4, 0.5) is 0 Å². The molecule has 0 radical (unpaired) electrons. The maximum absolute atomic E-state index is 11.7. The zero-order valence-corrected chi connectivity index (χ0v) is 8.00. The second kappa shape index (κ2) is 4.41. The maximum Gasteiger partial charge on any atom is 0.168 e. The normalized spacial score (nSPS) is 9.87. The molecule has 4 heteroatoms. The summed E-state index contributed by atoms with van der Waals surface area (Å²) in [6.45, 7) is 0. The fraction of sp³-hybridized carbons (Fsp3) is 0.0909. The molecule has 0 fully saturated rings. The fourth-order valence-corrected chi connectivity index (χ4v) is 1.23. The lowest BCUT2D eigenvalue weighted by atomic mass is 10.1. The highest BCUT2D eigenvalue weighted by Gasteiger charge is 2.06. The number of hydrogen-bond acceptors (Lipinski definition) is 4. The number of nitrogens with zero attached hydrogens (tertiary/aromatic N) is 3. The van der Waals surface area contributed by atoms with Gasteiger partial charge in [-0.3, -0.25) is 19.7 Å². The van der Waals surface area contributed by atoms with E-state index in [0.717, 1.165) is 0 Å². The number of aromatic nitrogens is 3. The molecule has 2 aromatic heterocycles. The minimum Gasteiger partial charge on any atom is -0.294 e. The molecule has 4 nitrogen and oxygen atoms in total. The molecule has 0 aliphatic heterocycles.